The maximum absolute atomic E-state index is 5.91. The Morgan fingerprint density at radius 2 is 1.00 bits per heavy atom. The van der Waals surface area contributed by atoms with Crippen molar-refractivity contribution in [2.75, 3.05) is 52.5 Å². The molecule has 0 aromatic heterocycles. The lowest BCUT2D eigenvalue weighted by Crippen LogP contribution is -2.25. The molecular weight excluding hydrogens is 372 g/mol. The van der Waals surface area contributed by atoms with E-state index in [2.05, 4.69) is 40.6 Å². The van der Waals surface area contributed by atoms with Crippen molar-refractivity contribution >= 4 is 5.57 Å². The normalized spacial score (nSPS) is 17.3. The fourth-order valence-electron chi connectivity index (χ4n) is 4.27. The van der Waals surface area contributed by atoms with Crippen LogP contribution in [-0.4, -0.2) is 62.3 Å². The molecule has 2 heterocycles. The molecule has 2 aliphatic rings. The van der Waals surface area contributed by atoms with E-state index in [1.807, 2.05) is 24.3 Å². The maximum atomic E-state index is 5.91. The molecule has 0 spiro atoms. The fraction of sp³-hybridized carbons (Fsp3) is 0.462. The summed E-state index contributed by atoms with van der Waals surface area (Å²) in [7, 11) is 0. The number of rotatable bonds is 10. The van der Waals surface area contributed by atoms with Crippen molar-refractivity contribution < 1.29 is 9.47 Å². The summed E-state index contributed by atoms with van der Waals surface area (Å²) >= 11 is 0. The molecule has 0 aliphatic carbocycles. The number of ether oxygens (including phenoxy) is 2. The second kappa shape index (κ2) is 10.6. The predicted octanol–water partition coefficient (Wildman–Crippen LogP) is 4.70. The van der Waals surface area contributed by atoms with Crippen LogP contribution in [0.2, 0.25) is 0 Å². The van der Waals surface area contributed by atoms with E-state index in [4.69, 9.17) is 9.47 Å². The Balaban J connectivity index is 1.23. The van der Waals surface area contributed by atoms with Gasteiger partial charge in [0.2, 0.25) is 0 Å². The number of hydrogen-bond donors (Lipinski definition) is 0. The van der Waals surface area contributed by atoms with Crippen molar-refractivity contribution in [1.29, 1.82) is 0 Å². The summed E-state index contributed by atoms with van der Waals surface area (Å²) in [5, 5.41) is 0. The van der Waals surface area contributed by atoms with Crippen molar-refractivity contribution in [1.82, 2.24) is 9.80 Å². The van der Waals surface area contributed by atoms with Gasteiger partial charge in [-0.25, -0.2) is 0 Å². The van der Waals surface area contributed by atoms with Gasteiger partial charge in [-0.15, -0.1) is 0 Å². The minimum Gasteiger partial charge on any atom is -0.492 e. The topological polar surface area (TPSA) is 24.9 Å². The third-order valence-electron chi connectivity index (χ3n) is 6.16. The van der Waals surface area contributed by atoms with Crippen molar-refractivity contribution in [3.8, 4) is 11.5 Å². The van der Waals surface area contributed by atoms with E-state index >= 15 is 0 Å². The van der Waals surface area contributed by atoms with Gasteiger partial charge in [-0.3, -0.25) is 9.80 Å². The van der Waals surface area contributed by atoms with E-state index in [0.717, 1.165) is 54.5 Å². The second-order valence-corrected chi connectivity index (χ2v) is 8.32. The second-order valence-electron chi connectivity index (χ2n) is 8.32. The smallest absolute Gasteiger partial charge is 0.119 e. The molecule has 0 N–H and O–H groups in total. The van der Waals surface area contributed by atoms with Crippen LogP contribution in [0.1, 0.15) is 36.8 Å². The Kier molecular flexibility index (Phi) is 7.44. The molecule has 0 amide bonds. The van der Waals surface area contributed by atoms with E-state index in [1.54, 1.807) is 0 Å². The minimum atomic E-state index is 0.750. The van der Waals surface area contributed by atoms with Gasteiger partial charge in [-0.2, -0.15) is 0 Å². The quantitative estimate of drug-likeness (QED) is 0.571. The van der Waals surface area contributed by atoms with Crippen LogP contribution < -0.4 is 9.47 Å². The van der Waals surface area contributed by atoms with E-state index in [-0.39, 0.29) is 0 Å². The summed E-state index contributed by atoms with van der Waals surface area (Å²) < 4.78 is 11.8. The SMILES string of the molecule is C=C(c1ccc(OCCN2CCCC2)cc1)c1ccc(OCCN2CCCC2)cc1. The summed E-state index contributed by atoms with van der Waals surface area (Å²) in [5.74, 6) is 1.85. The van der Waals surface area contributed by atoms with Gasteiger partial charge in [-0.1, -0.05) is 30.8 Å². The van der Waals surface area contributed by atoms with Gasteiger partial charge in [0.15, 0.2) is 0 Å². The van der Waals surface area contributed by atoms with Gasteiger partial charge >= 0.3 is 0 Å². The van der Waals surface area contributed by atoms with Crippen LogP contribution >= 0.6 is 0 Å². The lowest BCUT2D eigenvalue weighted by molar-refractivity contribution is 0.237. The van der Waals surface area contributed by atoms with Gasteiger partial charge in [0.1, 0.15) is 24.7 Å². The highest BCUT2D eigenvalue weighted by molar-refractivity contribution is 5.78. The molecule has 4 heteroatoms. The lowest BCUT2D eigenvalue weighted by atomic mass is 9.99. The summed E-state index contributed by atoms with van der Waals surface area (Å²) in [6.45, 7) is 12.7. The molecule has 0 radical (unpaired) electrons. The first kappa shape index (κ1) is 21.0. The third-order valence-corrected chi connectivity index (χ3v) is 6.16. The van der Waals surface area contributed by atoms with Crippen LogP contribution in [0.15, 0.2) is 55.1 Å². The van der Waals surface area contributed by atoms with Gasteiger partial charge < -0.3 is 9.47 Å². The van der Waals surface area contributed by atoms with Crippen molar-refractivity contribution in [3.05, 3.63) is 66.2 Å². The van der Waals surface area contributed by atoms with Crippen molar-refractivity contribution in [2.45, 2.75) is 25.7 Å². The Morgan fingerprint density at radius 1 is 0.633 bits per heavy atom. The Hall–Kier alpha value is -2.30. The molecule has 2 aliphatic heterocycles. The molecular formula is C26H34N2O2. The Morgan fingerprint density at radius 3 is 1.37 bits per heavy atom. The van der Waals surface area contributed by atoms with E-state index in [1.165, 1.54) is 51.9 Å². The summed E-state index contributed by atoms with van der Waals surface area (Å²) in [5.41, 5.74) is 3.25. The highest BCUT2D eigenvalue weighted by atomic mass is 16.5. The van der Waals surface area contributed by atoms with Crippen LogP contribution in [0.5, 0.6) is 11.5 Å². The van der Waals surface area contributed by atoms with E-state index in [9.17, 15) is 0 Å². The number of nitrogens with zero attached hydrogens (tertiary/aromatic N) is 2. The van der Waals surface area contributed by atoms with Crippen molar-refractivity contribution in [3.63, 3.8) is 0 Å². The first-order valence-corrected chi connectivity index (χ1v) is 11.4. The van der Waals surface area contributed by atoms with Gasteiger partial charge in [0.25, 0.3) is 0 Å². The van der Waals surface area contributed by atoms with Crippen LogP contribution in [0.25, 0.3) is 5.57 Å². The van der Waals surface area contributed by atoms with Crippen molar-refractivity contribution in [2.24, 2.45) is 0 Å². The Labute approximate surface area is 181 Å². The summed E-state index contributed by atoms with van der Waals surface area (Å²) in [4.78, 5) is 4.94. The maximum Gasteiger partial charge on any atom is 0.119 e. The first-order chi connectivity index (χ1) is 14.8. The van der Waals surface area contributed by atoms with Crippen LogP contribution in [0.4, 0.5) is 0 Å². The monoisotopic (exact) mass is 406 g/mol. The van der Waals surface area contributed by atoms with E-state index in [0.29, 0.717) is 0 Å². The molecule has 2 aromatic rings. The standard InChI is InChI=1S/C26H34N2O2/c1-22(23-6-10-25(11-7-23)29-20-18-27-14-2-3-15-27)24-8-12-26(13-9-24)30-21-19-28-16-4-5-17-28/h6-13H,1-5,14-21H2. The zero-order valence-corrected chi connectivity index (χ0v) is 18.0. The molecule has 160 valence electrons. The summed E-state index contributed by atoms with van der Waals surface area (Å²) in [6, 6.07) is 16.5. The van der Waals surface area contributed by atoms with Gasteiger partial charge in [-0.05, 0) is 92.8 Å². The first-order valence-electron chi connectivity index (χ1n) is 11.4. The molecule has 4 nitrogen and oxygen atoms in total. The molecule has 0 bridgehead atoms. The average molecular weight is 407 g/mol. The largest absolute Gasteiger partial charge is 0.492 e. The number of likely N-dealkylation sites (tertiary alicyclic amines) is 2. The van der Waals surface area contributed by atoms with Crippen LogP contribution in [0.3, 0.4) is 0 Å². The van der Waals surface area contributed by atoms with Crippen LogP contribution in [-0.2, 0) is 0 Å². The van der Waals surface area contributed by atoms with Gasteiger partial charge in [0.05, 0.1) is 0 Å². The lowest BCUT2D eigenvalue weighted by Gasteiger charge is -2.15. The minimum absolute atomic E-state index is 0.750. The van der Waals surface area contributed by atoms with Gasteiger partial charge in [0, 0.05) is 13.1 Å². The highest BCUT2D eigenvalue weighted by Crippen LogP contribution is 2.25. The number of hydrogen-bond acceptors (Lipinski definition) is 4. The molecule has 2 aromatic carbocycles. The van der Waals surface area contributed by atoms with Crippen LogP contribution in [0, 0.1) is 0 Å². The molecule has 2 saturated heterocycles. The molecule has 0 atom stereocenters. The molecule has 4 rings (SSSR count). The molecule has 0 saturated carbocycles. The molecule has 0 unspecified atom stereocenters. The predicted molar refractivity (Wildman–Crippen MR) is 123 cm³/mol. The average Bonchev–Trinajstić information content (AvgIpc) is 3.49. The Bertz CT molecular complexity index is 721. The molecule has 2 fully saturated rings. The zero-order chi connectivity index (χ0) is 20.6. The number of benzene rings is 2. The third kappa shape index (κ3) is 5.87. The zero-order valence-electron chi connectivity index (χ0n) is 18.0. The fourth-order valence-corrected chi connectivity index (χ4v) is 4.27. The highest BCUT2D eigenvalue weighted by Gasteiger charge is 2.12. The summed E-state index contributed by atoms with van der Waals surface area (Å²) in [6.07, 6.45) is 5.29. The molecule has 30 heavy (non-hydrogen) atoms. The van der Waals surface area contributed by atoms with E-state index < -0.39 is 0 Å².